The van der Waals surface area contributed by atoms with E-state index in [9.17, 15) is 9.59 Å². The number of rotatable bonds is 3. The highest BCUT2D eigenvalue weighted by Gasteiger charge is 2.10. The van der Waals surface area contributed by atoms with Crippen LogP contribution in [0.25, 0.3) is 10.4 Å². The monoisotopic (exact) mass is 233 g/mol. The Balaban J connectivity index is 3.32. The summed E-state index contributed by atoms with van der Waals surface area (Å²) in [5.74, 6) is -0.713. The van der Waals surface area contributed by atoms with Crippen molar-refractivity contribution in [1.82, 2.24) is 10.6 Å². The SMILES string of the molecule is CNC(=O)c1cc(N=[N+]=[N-])cc(C(=O)NC)c1. The minimum Gasteiger partial charge on any atom is -0.355 e. The van der Waals surface area contributed by atoms with Crippen molar-refractivity contribution in [3.63, 3.8) is 0 Å². The topological polar surface area (TPSA) is 107 Å². The average molecular weight is 233 g/mol. The van der Waals surface area contributed by atoms with E-state index in [4.69, 9.17) is 5.53 Å². The molecule has 0 radical (unpaired) electrons. The second kappa shape index (κ2) is 5.53. The van der Waals surface area contributed by atoms with Crippen molar-refractivity contribution in [3.05, 3.63) is 39.8 Å². The highest BCUT2D eigenvalue weighted by Crippen LogP contribution is 2.18. The third kappa shape index (κ3) is 2.96. The van der Waals surface area contributed by atoms with E-state index in [0.29, 0.717) is 0 Å². The highest BCUT2D eigenvalue weighted by molar-refractivity contribution is 6.00. The van der Waals surface area contributed by atoms with Gasteiger partial charge >= 0.3 is 0 Å². The van der Waals surface area contributed by atoms with E-state index in [1.165, 1.54) is 32.3 Å². The molecular formula is C10H11N5O2. The zero-order valence-corrected chi connectivity index (χ0v) is 9.39. The summed E-state index contributed by atoms with van der Waals surface area (Å²) in [6.45, 7) is 0. The first kappa shape index (κ1) is 12.5. The molecule has 0 aliphatic rings. The van der Waals surface area contributed by atoms with Gasteiger partial charge < -0.3 is 10.6 Å². The molecule has 0 aliphatic carbocycles. The van der Waals surface area contributed by atoms with Gasteiger partial charge in [-0.2, -0.15) is 0 Å². The van der Waals surface area contributed by atoms with Gasteiger partial charge in [-0.1, -0.05) is 5.11 Å². The van der Waals surface area contributed by atoms with E-state index in [0.717, 1.165) is 0 Å². The predicted molar refractivity (Wildman–Crippen MR) is 62.0 cm³/mol. The maximum atomic E-state index is 11.5. The van der Waals surface area contributed by atoms with E-state index in [2.05, 4.69) is 20.7 Å². The molecule has 1 aromatic rings. The van der Waals surface area contributed by atoms with Crippen LogP contribution in [0.3, 0.4) is 0 Å². The van der Waals surface area contributed by atoms with Gasteiger partial charge in [-0.05, 0) is 23.7 Å². The zero-order chi connectivity index (χ0) is 12.8. The Morgan fingerprint density at radius 2 is 1.59 bits per heavy atom. The van der Waals surface area contributed by atoms with E-state index in [-0.39, 0.29) is 28.6 Å². The van der Waals surface area contributed by atoms with Crippen LogP contribution in [-0.2, 0) is 0 Å². The summed E-state index contributed by atoms with van der Waals surface area (Å²) in [5.41, 5.74) is 9.09. The molecule has 88 valence electrons. The summed E-state index contributed by atoms with van der Waals surface area (Å²) in [7, 11) is 2.95. The fourth-order valence-electron chi connectivity index (χ4n) is 1.27. The number of nitrogens with zero attached hydrogens (tertiary/aromatic N) is 3. The second-order valence-electron chi connectivity index (χ2n) is 3.12. The average Bonchev–Trinajstić information content (AvgIpc) is 2.36. The molecule has 0 unspecified atom stereocenters. The first-order valence-electron chi connectivity index (χ1n) is 4.76. The number of hydrogen-bond acceptors (Lipinski definition) is 3. The highest BCUT2D eigenvalue weighted by atomic mass is 16.2. The number of azide groups is 1. The van der Waals surface area contributed by atoms with Crippen molar-refractivity contribution in [2.75, 3.05) is 14.1 Å². The Bertz CT molecular complexity index is 471. The summed E-state index contributed by atoms with van der Waals surface area (Å²) in [4.78, 5) is 25.5. The molecule has 0 aromatic heterocycles. The van der Waals surface area contributed by atoms with Crippen molar-refractivity contribution in [1.29, 1.82) is 0 Å². The molecule has 0 saturated heterocycles. The van der Waals surface area contributed by atoms with Crippen molar-refractivity contribution in [3.8, 4) is 0 Å². The molecule has 7 nitrogen and oxygen atoms in total. The molecule has 0 spiro atoms. The standard InChI is InChI=1S/C10H11N5O2/c1-12-9(16)6-3-7(10(17)13-2)5-8(4-6)14-15-11/h3-5H,1-2H3,(H,12,16)(H,13,17). The third-order valence-corrected chi connectivity index (χ3v) is 2.06. The Morgan fingerprint density at radius 3 is 1.94 bits per heavy atom. The Kier molecular flexibility index (Phi) is 4.08. The quantitative estimate of drug-likeness (QED) is 0.467. The molecule has 0 heterocycles. The van der Waals surface area contributed by atoms with Gasteiger partial charge in [0.2, 0.25) is 0 Å². The molecule has 0 saturated carbocycles. The van der Waals surface area contributed by atoms with Crippen molar-refractivity contribution >= 4 is 17.5 Å². The minimum absolute atomic E-state index is 0.215. The van der Waals surface area contributed by atoms with E-state index >= 15 is 0 Å². The lowest BCUT2D eigenvalue weighted by Gasteiger charge is -2.05. The fraction of sp³-hybridized carbons (Fsp3) is 0.200. The minimum atomic E-state index is -0.356. The van der Waals surface area contributed by atoms with Crippen LogP contribution < -0.4 is 10.6 Å². The molecule has 1 rings (SSSR count). The Morgan fingerprint density at radius 1 is 1.12 bits per heavy atom. The normalized spacial score (nSPS) is 9.06. The van der Waals surface area contributed by atoms with E-state index in [1.807, 2.05) is 0 Å². The van der Waals surface area contributed by atoms with Gasteiger partial charge in [0, 0.05) is 35.8 Å². The predicted octanol–water partition coefficient (Wildman–Crippen LogP) is 1.35. The van der Waals surface area contributed by atoms with Crippen LogP contribution in [-0.4, -0.2) is 25.9 Å². The Hall–Kier alpha value is -2.53. The van der Waals surface area contributed by atoms with Crippen LogP contribution in [0.4, 0.5) is 5.69 Å². The molecule has 7 heteroatoms. The van der Waals surface area contributed by atoms with Crippen LogP contribution in [0.2, 0.25) is 0 Å². The summed E-state index contributed by atoms with van der Waals surface area (Å²) in [6.07, 6.45) is 0. The number of carbonyl (C=O) groups is 2. The number of nitrogens with one attached hydrogen (secondary N) is 2. The van der Waals surface area contributed by atoms with Gasteiger partial charge in [0.25, 0.3) is 11.8 Å². The van der Waals surface area contributed by atoms with Gasteiger partial charge in [-0.3, -0.25) is 9.59 Å². The van der Waals surface area contributed by atoms with Crippen molar-refractivity contribution < 1.29 is 9.59 Å². The van der Waals surface area contributed by atoms with E-state index in [1.54, 1.807) is 0 Å². The fourth-order valence-corrected chi connectivity index (χ4v) is 1.27. The molecule has 1 aromatic carbocycles. The lowest BCUT2D eigenvalue weighted by molar-refractivity contribution is 0.0962. The maximum Gasteiger partial charge on any atom is 0.251 e. The number of amides is 2. The molecule has 0 atom stereocenters. The summed E-state index contributed by atoms with van der Waals surface area (Å²) in [5, 5.41) is 8.24. The van der Waals surface area contributed by atoms with Crippen LogP contribution >= 0.6 is 0 Å². The maximum absolute atomic E-state index is 11.5. The molecule has 0 aliphatic heterocycles. The van der Waals surface area contributed by atoms with Crippen LogP contribution in [0.5, 0.6) is 0 Å². The summed E-state index contributed by atoms with van der Waals surface area (Å²) < 4.78 is 0. The molecular weight excluding hydrogens is 222 g/mol. The lowest BCUT2D eigenvalue weighted by Crippen LogP contribution is -2.21. The van der Waals surface area contributed by atoms with Crippen LogP contribution in [0.15, 0.2) is 23.3 Å². The largest absolute Gasteiger partial charge is 0.355 e. The van der Waals surface area contributed by atoms with Gasteiger partial charge in [0.1, 0.15) is 0 Å². The van der Waals surface area contributed by atoms with Gasteiger partial charge in [-0.15, -0.1) is 0 Å². The van der Waals surface area contributed by atoms with Gasteiger partial charge in [-0.25, -0.2) is 0 Å². The second-order valence-corrected chi connectivity index (χ2v) is 3.12. The van der Waals surface area contributed by atoms with Crippen molar-refractivity contribution in [2.24, 2.45) is 5.11 Å². The smallest absolute Gasteiger partial charge is 0.251 e. The zero-order valence-electron chi connectivity index (χ0n) is 9.39. The summed E-state index contributed by atoms with van der Waals surface area (Å²) in [6, 6.07) is 4.24. The summed E-state index contributed by atoms with van der Waals surface area (Å²) >= 11 is 0. The molecule has 0 bridgehead atoms. The lowest BCUT2D eigenvalue weighted by atomic mass is 10.1. The third-order valence-electron chi connectivity index (χ3n) is 2.06. The van der Waals surface area contributed by atoms with Crippen LogP contribution in [0, 0.1) is 0 Å². The first-order chi connectivity index (χ1) is 8.12. The number of hydrogen-bond donors (Lipinski definition) is 2. The number of carbonyl (C=O) groups excluding carboxylic acids is 2. The van der Waals surface area contributed by atoms with E-state index < -0.39 is 0 Å². The molecule has 2 amide bonds. The molecule has 2 N–H and O–H groups in total. The first-order valence-corrected chi connectivity index (χ1v) is 4.76. The van der Waals surface area contributed by atoms with Gasteiger partial charge in [0.15, 0.2) is 0 Å². The molecule has 0 fully saturated rings. The van der Waals surface area contributed by atoms with Crippen molar-refractivity contribution in [2.45, 2.75) is 0 Å². The Labute approximate surface area is 97.4 Å². The van der Waals surface area contributed by atoms with Crippen LogP contribution in [0.1, 0.15) is 20.7 Å². The van der Waals surface area contributed by atoms with Gasteiger partial charge in [0.05, 0.1) is 0 Å². The molecule has 17 heavy (non-hydrogen) atoms. The number of benzene rings is 1.